The summed E-state index contributed by atoms with van der Waals surface area (Å²) in [7, 11) is 0. The molecule has 2 rings (SSSR count). The minimum absolute atomic E-state index is 0.0366. The predicted octanol–water partition coefficient (Wildman–Crippen LogP) is 1.72. The van der Waals surface area contributed by atoms with Crippen LogP contribution in [0.1, 0.15) is 22.0 Å². The number of thiazole rings is 1. The van der Waals surface area contributed by atoms with E-state index in [1.165, 1.54) is 6.07 Å². The van der Waals surface area contributed by atoms with Crippen molar-refractivity contribution in [2.45, 2.75) is 13.1 Å². The summed E-state index contributed by atoms with van der Waals surface area (Å²) in [6.45, 7) is 1.14. The lowest BCUT2D eigenvalue weighted by atomic mass is 10.4. The third-order valence-corrected chi connectivity index (χ3v) is 2.60. The second-order valence-corrected chi connectivity index (χ2v) is 3.87. The predicted molar refractivity (Wildman–Crippen MR) is 58.3 cm³/mol. The first-order valence-corrected chi connectivity index (χ1v) is 5.60. The van der Waals surface area contributed by atoms with Crippen molar-refractivity contribution >= 4 is 17.3 Å². The van der Waals surface area contributed by atoms with Crippen LogP contribution in [0.5, 0.6) is 0 Å². The molecule has 0 spiro atoms. The van der Waals surface area contributed by atoms with Gasteiger partial charge in [-0.05, 0) is 12.1 Å². The molecule has 0 aromatic carbocycles. The number of carboxylic acids is 1. The Morgan fingerprint density at radius 3 is 3.00 bits per heavy atom. The highest BCUT2D eigenvalue weighted by Gasteiger charge is 2.08. The fraction of sp³-hybridized carbons (Fsp3) is 0.200. The van der Waals surface area contributed by atoms with Gasteiger partial charge < -0.3 is 14.8 Å². The highest BCUT2D eigenvalue weighted by Crippen LogP contribution is 2.08. The van der Waals surface area contributed by atoms with Crippen LogP contribution >= 0.6 is 11.3 Å². The summed E-state index contributed by atoms with van der Waals surface area (Å²) >= 11 is 1.54. The Morgan fingerprint density at radius 2 is 2.38 bits per heavy atom. The van der Waals surface area contributed by atoms with Crippen LogP contribution in [-0.2, 0) is 13.1 Å². The van der Waals surface area contributed by atoms with Gasteiger partial charge in [-0.15, -0.1) is 11.3 Å². The number of aromatic nitrogens is 1. The number of rotatable bonds is 5. The van der Waals surface area contributed by atoms with Gasteiger partial charge in [0.25, 0.3) is 0 Å². The van der Waals surface area contributed by atoms with Crippen LogP contribution in [0.25, 0.3) is 0 Å². The Balaban J connectivity index is 1.83. The maximum Gasteiger partial charge on any atom is 0.371 e. The second-order valence-electron chi connectivity index (χ2n) is 3.15. The largest absolute Gasteiger partial charge is 0.475 e. The molecule has 0 atom stereocenters. The molecular weight excluding hydrogens is 228 g/mol. The zero-order valence-electron chi connectivity index (χ0n) is 8.34. The number of carbonyl (C=O) groups is 1. The van der Waals surface area contributed by atoms with Gasteiger partial charge in [-0.25, -0.2) is 9.78 Å². The average molecular weight is 238 g/mol. The van der Waals surface area contributed by atoms with Gasteiger partial charge in [-0.3, -0.25) is 0 Å². The van der Waals surface area contributed by atoms with Crippen molar-refractivity contribution in [2.75, 3.05) is 0 Å². The van der Waals surface area contributed by atoms with Crippen molar-refractivity contribution in [1.82, 2.24) is 10.3 Å². The third-order valence-electron chi connectivity index (χ3n) is 1.96. The van der Waals surface area contributed by atoms with E-state index in [4.69, 9.17) is 9.52 Å². The summed E-state index contributed by atoms with van der Waals surface area (Å²) in [5.41, 5.74) is 2.74. The van der Waals surface area contributed by atoms with Crippen molar-refractivity contribution in [1.29, 1.82) is 0 Å². The van der Waals surface area contributed by atoms with Crippen molar-refractivity contribution < 1.29 is 14.3 Å². The molecule has 0 radical (unpaired) electrons. The van der Waals surface area contributed by atoms with E-state index in [1.807, 2.05) is 5.38 Å². The van der Waals surface area contributed by atoms with Gasteiger partial charge in [-0.1, -0.05) is 0 Å². The monoisotopic (exact) mass is 238 g/mol. The van der Waals surface area contributed by atoms with Gasteiger partial charge in [0.15, 0.2) is 0 Å². The van der Waals surface area contributed by atoms with Gasteiger partial charge >= 0.3 is 5.97 Å². The molecule has 2 aromatic heterocycles. The number of carboxylic acid groups (broad SMARTS) is 1. The van der Waals surface area contributed by atoms with E-state index in [2.05, 4.69) is 10.3 Å². The lowest BCUT2D eigenvalue weighted by molar-refractivity contribution is 0.0660. The zero-order valence-corrected chi connectivity index (χ0v) is 9.16. The quantitative estimate of drug-likeness (QED) is 0.829. The fourth-order valence-electron chi connectivity index (χ4n) is 1.23. The van der Waals surface area contributed by atoms with E-state index in [0.29, 0.717) is 18.8 Å². The van der Waals surface area contributed by atoms with Crippen LogP contribution in [0, 0.1) is 0 Å². The van der Waals surface area contributed by atoms with Crippen LogP contribution in [0.15, 0.2) is 27.4 Å². The molecule has 2 aromatic rings. The Bertz CT molecular complexity index is 464. The van der Waals surface area contributed by atoms with Crippen molar-refractivity contribution in [3.05, 3.63) is 40.2 Å². The van der Waals surface area contributed by atoms with Gasteiger partial charge in [-0.2, -0.15) is 0 Å². The Morgan fingerprint density at radius 1 is 1.50 bits per heavy atom. The highest BCUT2D eigenvalue weighted by molar-refractivity contribution is 7.07. The maximum absolute atomic E-state index is 10.6. The van der Waals surface area contributed by atoms with E-state index in [-0.39, 0.29) is 5.76 Å². The number of hydrogen-bond donors (Lipinski definition) is 2. The fourth-order valence-corrected chi connectivity index (χ4v) is 1.78. The molecule has 0 aliphatic carbocycles. The van der Waals surface area contributed by atoms with Crippen LogP contribution < -0.4 is 5.32 Å². The normalized spacial score (nSPS) is 10.5. The number of nitrogens with zero attached hydrogens (tertiary/aromatic N) is 1. The zero-order chi connectivity index (χ0) is 11.4. The summed E-state index contributed by atoms with van der Waals surface area (Å²) < 4.78 is 5.08. The minimum atomic E-state index is -1.05. The Labute approximate surface area is 95.7 Å². The number of furan rings is 1. The van der Waals surface area contributed by atoms with Gasteiger partial charge in [0, 0.05) is 11.9 Å². The SMILES string of the molecule is O=C(O)c1ccc(CNCc2cscn2)o1. The molecule has 16 heavy (non-hydrogen) atoms. The number of hydrogen-bond acceptors (Lipinski definition) is 5. The number of nitrogens with one attached hydrogen (secondary N) is 1. The molecule has 0 aliphatic heterocycles. The van der Waals surface area contributed by atoms with Crippen LogP contribution in [0.4, 0.5) is 0 Å². The number of aromatic carboxylic acids is 1. The third kappa shape index (κ3) is 2.68. The molecule has 0 saturated carbocycles. The topological polar surface area (TPSA) is 75.4 Å². The minimum Gasteiger partial charge on any atom is -0.475 e. The van der Waals surface area contributed by atoms with E-state index in [0.717, 1.165) is 5.69 Å². The highest BCUT2D eigenvalue weighted by atomic mass is 32.1. The lowest BCUT2D eigenvalue weighted by Gasteiger charge is -1.98. The van der Waals surface area contributed by atoms with Crippen LogP contribution in [0.3, 0.4) is 0 Å². The lowest BCUT2D eigenvalue weighted by Crippen LogP contribution is -2.12. The van der Waals surface area contributed by atoms with Gasteiger partial charge in [0.1, 0.15) is 5.76 Å². The van der Waals surface area contributed by atoms with Crippen molar-refractivity contribution in [2.24, 2.45) is 0 Å². The van der Waals surface area contributed by atoms with Crippen LogP contribution in [0.2, 0.25) is 0 Å². The van der Waals surface area contributed by atoms with Crippen molar-refractivity contribution in [3.8, 4) is 0 Å². The molecule has 2 N–H and O–H groups in total. The maximum atomic E-state index is 10.6. The molecule has 0 fully saturated rings. The van der Waals surface area contributed by atoms with E-state index in [1.54, 1.807) is 22.9 Å². The first-order chi connectivity index (χ1) is 7.75. The molecule has 6 heteroatoms. The summed E-state index contributed by atoms with van der Waals surface area (Å²) in [4.78, 5) is 14.7. The molecule has 0 aliphatic rings. The first kappa shape index (κ1) is 10.8. The average Bonchev–Trinajstić information content (AvgIpc) is 2.87. The summed E-state index contributed by atoms with van der Waals surface area (Å²) in [5, 5.41) is 13.7. The molecule has 0 amide bonds. The van der Waals surface area contributed by atoms with Gasteiger partial charge in [0.05, 0.1) is 17.7 Å². The first-order valence-electron chi connectivity index (χ1n) is 4.65. The molecule has 2 heterocycles. The Kier molecular flexibility index (Phi) is 3.33. The molecule has 0 saturated heterocycles. The van der Waals surface area contributed by atoms with Crippen LogP contribution in [-0.4, -0.2) is 16.1 Å². The summed E-state index contributed by atoms with van der Waals surface area (Å²) in [5.74, 6) is -0.483. The Hall–Kier alpha value is -1.66. The van der Waals surface area contributed by atoms with Gasteiger partial charge in [0.2, 0.25) is 5.76 Å². The van der Waals surface area contributed by atoms with E-state index in [9.17, 15) is 4.79 Å². The standard InChI is InChI=1S/C10H10N2O3S/c13-10(14)9-2-1-8(15-9)4-11-3-7-5-16-6-12-7/h1-2,5-6,11H,3-4H2,(H,13,14). The molecule has 0 bridgehead atoms. The smallest absolute Gasteiger partial charge is 0.371 e. The summed E-state index contributed by atoms with van der Waals surface area (Å²) in [6, 6.07) is 3.10. The summed E-state index contributed by atoms with van der Waals surface area (Å²) in [6.07, 6.45) is 0. The molecule has 0 unspecified atom stereocenters. The van der Waals surface area contributed by atoms with E-state index >= 15 is 0 Å². The second kappa shape index (κ2) is 4.91. The van der Waals surface area contributed by atoms with Crippen molar-refractivity contribution in [3.63, 3.8) is 0 Å². The van der Waals surface area contributed by atoms with E-state index < -0.39 is 5.97 Å². The molecular formula is C10H10N2O3S. The molecule has 5 nitrogen and oxygen atoms in total. The molecule has 84 valence electrons.